The highest BCUT2D eigenvalue weighted by Crippen LogP contribution is 2.17. The normalized spacial score (nSPS) is 24.2. The fraction of sp³-hybridized carbons (Fsp3) is 0.929. The number of nitrogens with one attached hydrogen (secondary N) is 1. The molecule has 0 radical (unpaired) electrons. The van der Waals surface area contributed by atoms with Gasteiger partial charge in [-0.05, 0) is 54.4 Å². The Morgan fingerprint density at radius 2 is 2.26 bits per heavy atom. The van der Waals surface area contributed by atoms with Crippen LogP contribution < -0.4 is 5.32 Å². The first-order chi connectivity index (χ1) is 8.92. The Morgan fingerprint density at radius 3 is 2.79 bits per heavy atom. The van der Waals surface area contributed by atoms with Crippen molar-refractivity contribution in [2.45, 2.75) is 38.3 Å². The van der Waals surface area contributed by atoms with E-state index in [0.29, 0.717) is 19.2 Å². The van der Waals surface area contributed by atoms with Crippen LogP contribution in [0.1, 0.15) is 26.7 Å². The van der Waals surface area contributed by atoms with Gasteiger partial charge < -0.3 is 15.0 Å². The molecular formula is C14H29N3O2. The van der Waals surface area contributed by atoms with Gasteiger partial charge in [-0.25, -0.2) is 0 Å². The molecule has 0 spiro atoms. The number of nitrogens with zero attached hydrogens (tertiary/aromatic N) is 2. The molecule has 5 nitrogen and oxygen atoms in total. The molecule has 19 heavy (non-hydrogen) atoms. The maximum absolute atomic E-state index is 12.1. The van der Waals surface area contributed by atoms with Crippen molar-refractivity contribution in [2.24, 2.45) is 0 Å². The molecular weight excluding hydrogens is 242 g/mol. The summed E-state index contributed by atoms with van der Waals surface area (Å²) >= 11 is 0. The van der Waals surface area contributed by atoms with E-state index in [1.54, 1.807) is 0 Å². The van der Waals surface area contributed by atoms with Gasteiger partial charge >= 0.3 is 5.97 Å². The number of carbonyl (C=O) groups excluding carboxylic acids is 1. The number of likely N-dealkylation sites (N-methyl/N-ethyl adjacent to an activating group) is 3. The second-order valence-electron chi connectivity index (χ2n) is 5.78. The van der Waals surface area contributed by atoms with Gasteiger partial charge in [0.1, 0.15) is 5.54 Å². The fourth-order valence-corrected chi connectivity index (χ4v) is 2.66. The lowest BCUT2D eigenvalue weighted by atomic mass is 9.99. The monoisotopic (exact) mass is 271 g/mol. The molecule has 2 unspecified atom stereocenters. The van der Waals surface area contributed by atoms with E-state index in [1.807, 2.05) is 20.9 Å². The van der Waals surface area contributed by atoms with Crippen molar-refractivity contribution in [2.75, 3.05) is 47.4 Å². The van der Waals surface area contributed by atoms with Gasteiger partial charge in [-0.2, -0.15) is 0 Å². The number of likely N-dealkylation sites (tertiary alicyclic amines) is 1. The molecule has 0 aromatic rings. The number of piperidine rings is 1. The maximum atomic E-state index is 12.1. The van der Waals surface area contributed by atoms with Crippen LogP contribution in [-0.2, 0) is 9.53 Å². The van der Waals surface area contributed by atoms with Crippen molar-refractivity contribution >= 4 is 5.97 Å². The largest absolute Gasteiger partial charge is 0.465 e. The molecule has 0 bridgehead atoms. The van der Waals surface area contributed by atoms with E-state index in [0.717, 1.165) is 6.54 Å². The van der Waals surface area contributed by atoms with Crippen molar-refractivity contribution < 1.29 is 9.53 Å². The Hall–Kier alpha value is -0.650. The van der Waals surface area contributed by atoms with Gasteiger partial charge in [-0.1, -0.05) is 0 Å². The Kier molecular flexibility index (Phi) is 6.23. The number of esters is 1. The molecule has 1 aliphatic rings. The third-order valence-electron chi connectivity index (χ3n) is 4.07. The van der Waals surface area contributed by atoms with E-state index < -0.39 is 5.54 Å². The van der Waals surface area contributed by atoms with Crippen LogP contribution >= 0.6 is 0 Å². The van der Waals surface area contributed by atoms with Crippen molar-refractivity contribution in [1.82, 2.24) is 15.1 Å². The first kappa shape index (κ1) is 16.4. The second-order valence-corrected chi connectivity index (χ2v) is 5.78. The molecule has 5 heteroatoms. The quantitative estimate of drug-likeness (QED) is 0.715. The van der Waals surface area contributed by atoms with Crippen molar-refractivity contribution in [3.8, 4) is 0 Å². The summed E-state index contributed by atoms with van der Waals surface area (Å²) in [5.41, 5.74) is -0.638. The van der Waals surface area contributed by atoms with Gasteiger partial charge in [0.05, 0.1) is 6.61 Å². The summed E-state index contributed by atoms with van der Waals surface area (Å²) in [4.78, 5) is 16.7. The van der Waals surface area contributed by atoms with Gasteiger partial charge in [0, 0.05) is 19.1 Å². The van der Waals surface area contributed by atoms with Gasteiger partial charge in [0.2, 0.25) is 0 Å². The van der Waals surface area contributed by atoms with E-state index in [9.17, 15) is 4.79 Å². The Labute approximate surface area is 117 Å². The van der Waals surface area contributed by atoms with E-state index in [-0.39, 0.29) is 5.97 Å². The van der Waals surface area contributed by atoms with Crippen LogP contribution in [0.5, 0.6) is 0 Å². The summed E-state index contributed by atoms with van der Waals surface area (Å²) in [6.45, 7) is 7.08. The molecule has 1 N–H and O–H groups in total. The highest BCUT2D eigenvalue weighted by molar-refractivity contribution is 5.80. The van der Waals surface area contributed by atoms with Crippen LogP contribution in [0.3, 0.4) is 0 Å². The summed E-state index contributed by atoms with van der Waals surface area (Å²) < 4.78 is 5.17. The number of hydrogen-bond donors (Lipinski definition) is 1. The predicted octanol–water partition coefficient (Wildman–Crippen LogP) is 0.554. The van der Waals surface area contributed by atoms with Crippen LogP contribution in [0.15, 0.2) is 0 Å². The summed E-state index contributed by atoms with van der Waals surface area (Å²) in [5, 5.41) is 3.11. The topological polar surface area (TPSA) is 44.8 Å². The van der Waals surface area contributed by atoms with Crippen LogP contribution in [0, 0.1) is 0 Å². The van der Waals surface area contributed by atoms with Crippen molar-refractivity contribution in [3.05, 3.63) is 0 Å². The second kappa shape index (κ2) is 7.22. The molecule has 1 rings (SSSR count). The predicted molar refractivity (Wildman–Crippen MR) is 77.2 cm³/mol. The Bertz CT molecular complexity index is 298. The van der Waals surface area contributed by atoms with E-state index in [1.165, 1.54) is 19.4 Å². The summed E-state index contributed by atoms with van der Waals surface area (Å²) in [6.07, 6.45) is 2.42. The molecule has 0 saturated carbocycles. The standard InChI is InChI=1S/C14H29N3O2/c1-6-19-13(18)14(2,15-3)11-17(5)12-8-7-9-16(4)10-12/h12,15H,6-11H2,1-5H3. The van der Waals surface area contributed by atoms with Gasteiger partial charge in [-0.3, -0.25) is 9.69 Å². The SMILES string of the molecule is CCOC(=O)C(C)(CN(C)C1CCCN(C)C1)NC. The third kappa shape index (κ3) is 4.44. The zero-order valence-corrected chi connectivity index (χ0v) is 13.0. The van der Waals surface area contributed by atoms with Crippen LogP contribution in [0.2, 0.25) is 0 Å². The maximum Gasteiger partial charge on any atom is 0.327 e. The summed E-state index contributed by atoms with van der Waals surface area (Å²) in [7, 11) is 6.07. The van der Waals surface area contributed by atoms with E-state index in [2.05, 4.69) is 29.2 Å². The first-order valence-corrected chi connectivity index (χ1v) is 7.18. The number of rotatable bonds is 6. The van der Waals surface area contributed by atoms with Gasteiger partial charge in [0.25, 0.3) is 0 Å². The summed E-state index contributed by atoms with van der Waals surface area (Å²) in [5.74, 6) is -0.173. The fourth-order valence-electron chi connectivity index (χ4n) is 2.66. The average molecular weight is 271 g/mol. The molecule has 1 saturated heterocycles. The van der Waals surface area contributed by atoms with Gasteiger partial charge in [0.15, 0.2) is 0 Å². The third-order valence-corrected chi connectivity index (χ3v) is 4.07. The molecule has 1 heterocycles. The van der Waals surface area contributed by atoms with Crippen molar-refractivity contribution in [3.63, 3.8) is 0 Å². The van der Waals surface area contributed by atoms with Crippen LogP contribution in [0.25, 0.3) is 0 Å². The number of carbonyl (C=O) groups is 1. The van der Waals surface area contributed by atoms with Crippen molar-refractivity contribution in [1.29, 1.82) is 0 Å². The Balaban J connectivity index is 2.61. The zero-order valence-electron chi connectivity index (χ0n) is 13.0. The highest BCUT2D eigenvalue weighted by Gasteiger charge is 2.36. The molecule has 1 aliphatic heterocycles. The minimum absolute atomic E-state index is 0.173. The highest BCUT2D eigenvalue weighted by atomic mass is 16.5. The average Bonchev–Trinajstić information content (AvgIpc) is 2.38. The molecule has 0 aromatic carbocycles. The van der Waals surface area contributed by atoms with Crippen LogP contribution in [-0.4, -0.2) is 74.7 Å². The minimum atomic E-state index is -0.638. The smallest absolute Gasteiger partial charge is 0.327 e. The lowest BCUT2D eigenvalue weighted by Gasteiger charge is -2.39. The Morgan fingerprint density at radius 1 is 1.58 bits per heavy atom. The number of hydrogen-bond acceptors (Lipinski definition) is 5. The molecule has 1 fully saturated rings. The first-order valence-electron chi connectivity index (χ1n) is 7.18. The molecule has 112 valence electrons. The lowest BCUT2D eigenvalue weighted by Crippen LogP contribution is -2.58. The molecule has 0 amide bonds. The van der Waals surface area contributed by atoms with Gasteiger partial charge in [-0.15, -0.1) is 0 Å². The minimum Gasteiger partial charge on any atom is -0.465 e. The number of ether oxygens (including phenoxy) is 1. The zero-order chi connectivity index (χ0) is 14.5. The lowest BCUT2D eigenvalue weighted by molar-refractivity contribution is -0.151. The molecule has 0 aliphatic carbocycles. The van der Waals surface area contributed by atoms with E-state index in [4.69, 9.17) is 4.74 Å². The van der Waals surface area contributed by atoms with E-state index >= 15 is 0 Å². The van der Waals surface area contributed by atoms with Crippen LogP contribution in [0.4, 0.5) is 0 Å². The molecule has 0 aromatic heterocycles. The summed E-state index contributed by atoms with van der Waals surface area (Å²) in [6, 6.07) is 0.515. The molecule has 2 atom stereocenters.